The molecule has 18 heavy (non-hydrogen) atoms. The Labute approximate surface area is 112 Å². The smallest absolute Gasteiger partial charge is 0.241 e. The molecule has 1 aliphatic rings. The highest BCUT2D eigenvalue weighted by Gasteiger charge is 2.17. The summed E-state index contributed by atoms with van der Waals surface area (Å²) < 4.78 is 5.12. The lowest BCUT2D eigenvalue weighted by atomic mass is 10.3. The van der Waals surface area contributed by atoms with Crippen LogP contribution >= 0.6 is 11.6 Å². The third-order valence-corrected chi connectivity index (χ3v) is 3.37. The van der Waals surface area contributed by atoms with E-state index in [0.717, 1.165) is 31.6 Å². The maximum atomic E-state index is 11.8. The van der Waals surface area contributed by atoms with Crippen molar-refractivity contribution in [3.63, 3.8) is 0 Å². The van der Waals surface area contributed by atoms with Crippen LogP contribution in [0.2, 0.25) is 5.02 Å². The van der Waals surface area contributed by atoms with Gasteiger partial charge in [0.2, 0.25) is 5.91 Å². The Kier molecular flexibility index (Phi) is 4.31. The van der Waals surface area contributed by atoms with Gasteiger partial charge in [0, 0.05) is 24.8 Å². The molecular weight excluding hydrogens is 252 g/mol. The third-order valence-electron chi connectivity index (χ3n) is 3.05. The molecule has 1 aliphatic heterocycles. The number of hydrogen-bond acceptors (Lipinski definition) is 3. The predicted molar refractivity (Wildman–Crippen MR) is 72.3 cm³/mol. The first kappa shape index (κ1) is 13.0. The number of nitrogens with zero attached hydrogens (tertiary/aromatic N) is 1. The Hall–Kier alpha value is -1.42. The van der Waals surface area contributed by atoms with Crippen molar-refractivity contribution in [2.75, 3.05) is 32.1 Å². The summed E-state index contributed by atoms with van der Waals surface area (Å²) in [7, 11) is 1.57. The van der Waals surface area contributed by atoms with Gasteiger partial charge in [-0.1, -0.05) is 11.6 Å². The second-order valence-electron chi connectivity index (χ2n) is 4.29. The van der Waals surface area contributed by atoms with E-state index in [1.54, 1.807) is 19.2 Å². The first-order valence-corrected chi connectivity index (χ1v) is 6.43. The molecule has 0 atom stereocenters. The summed E-state index contributed by atoms with van der Waals surface area (Å²) in [6, 6.07) is 5.38. The zero-order chi connectivity index (χ0) is 13.0. The van der Waals surface area contributed by atoms with Crippen molar-refractivity contribution in [1.82, 2.24) is 4.90 Å². The number of halogens is 1. The molecule has 4 nitrogen and oxygen atoms in total. The zero-order valence-electron chi connectivity index (χ0n) is 10.4. The number of methoxy groups -OCH3 is 1. The van der Waals surface area contributed by atoms with Crippen molar-refractivity contribution in [2.45, 2.75) is 12.8 Å². The van der Waals surface area contributed by atoms with Crippen molar-refractivity contribution in [3.8, 4) is 5.75 Å². The van der Waals surface area contributed by atoms with E-state index in [9.17, 15) is 4.79 Å². The van der Waals surface area contributed by atoms with E-state index in [1.807, 2.05) is 11.0 Å². The minimum atomic E-state index is 0.140. The number of rotatable bonds is 4. The number of carbonyl (C=O) groups excluding carboxylic acids is 1. The molecule has 5 heteroatoms. The fourth-order valence-electron chi connectivity index (χ4n) is 2.03. The molecule has 1 amide bonds. The molecule has 2 rings (SSSR count). The fraction of sp³-hybridized carbons (Fsp3) is 0.462. The third kappa shape index (κ3) is 3.07. The first-order chi connectivity index (χ1) is 8.70. The fourth-order valence-corrected chi connectivity index (χ4v) is 2.22. The molecule has 0 radical (unpaired) electrons. The van der Waals surface area contributed by atoms with Crippen molar-refractivity contribution in [3.05, 3.63) is 23.2 Å². The number of likely N-dealkylation sites (tertiary alicyclic amines) is 1. The quantitative estimate of drug-likeness (QED) is 0.912. The van der Waals surface area contributed by atoms with Gasteiger partial charge in [-0.15, -0.1) is 0 Å². The number of benzene rings is 1. The van der Waals surface area contributed by atoms with E-state index in [2.05, 4.69) is 5.32 Å². The lowest BCUT2D eigenvalue weighted by Crippen LogP contribution is -2.32. The average molecular weight is 269 g/mol. The summed E-state index contributed by atoms with van der Waals surface area (Å²) >= 11 is 5.93. The monoisotopic (exact) mass is 268 g/mol. The summed E-state index contributed by atoms with van der Waals surface area (Å²) in [5.41, 5.74) is 0.837. The van der Waals surface area contributed by atoms with Gasteiger partial charge < -0.3 is 15.0 Å². The molecule has 0 unspecified atom stereocenters. The van der Waals surface area contributed by atoms with E-state index in [1.165, 1.54) is 0 Å². The second kappa shape index (κ2) is 5.96. The summed E-state index contributed by atoms with van der Waals surface area (Å²) in [5, 5.41) is 3.66. The summed E-state index contributed by atoms with van der Waals surface area (Å²) in [6.07, 6.45) is 2.22. The van der Waals surface area contributed by atoms with E-state index in [0.29, 0.717) is 17.3 Å². The van der Waals surface area contributed by atoms with Gasteiger partial charge in [0.25, 0.3) is 0 Å². The molecule has 1 N–H and O–H groups in total. The maximum absolute atomic E-state index is 11.8. The van der Waals surface area contributed by atoms with Crippen molar-refractivity contribution < 1.29 is 9.53 Å². The molecule has 1 heterocycles. The lowest BCUT2D eigenvalue weighted by Gasteiger charge is -2.16. The normalized spacial score (nSPS) is 14.7. The Balaban J connectivity index is 1.91. The summed E-state index contributed by atoms with van der Waals surface area (Å²) in [4.78, 5) is 13.7. The molecule has 0 aliphatic carbocycles. The topological polar surface area (TPSA) is 41.6 Å². The van der Waals surface area contributed by atoms with Crippen LogP contribution < -0.4 is 10.1 Å². The molecular formula is C13H17ClN2O2. The number of amides is 1. The second-order valence-corrected chi connectivity index (χ2v) is 4.70. The predicted octanol–water partition coefficient (Wildman–Crippen LogP) is 2.38. The molecule has 0 spiro atoms. The van der Waals surface area contributed by atoms with Crippen LogP contribution in [-0.2, 0) is 4.79 Å². The van der Waals surface area contributed by atoms with Crippen LogP contribution in [0.3, 0.4) is 0 Å². The van der Waals surface area contributed by atoms with Gasteiger partial charge in [-0.25, -0.2) is 0 Å². The highest BCUT2D eigenvalue weighted by atomic mass is 35.5. The van der Waals surface area contributed by atoms with Gasteiger partial charge in [0.05, 0.1) is 18.7 Å². The van der Waals surface area contributed by atoms with Crippen LogP contribution in [0.4, 0.5) is 5.69 Å². The molecule has 0 saturated carbocycles. The Morgan fingerprint density at radius 3 is 2.83 bits per heavy atom. The molecule has 0 bridgehead atoms. The minimum Gasteiger partial charge on any atom is -0.495 e. The maximum Gasteiger partial charge on any atom is 0.241 e. The van der Waals surface area contributed by atoms with Gasteiger partial charge in [0.15, 0.2) is 0 Å². The number of nitrogens with one attached hydrogen (secondary N) is 1. The number of anilines is 1. The largest absolute Gasteiger partial charge is 0.495 e. The van der Waals surface area contributed by atoms with Crippen LogP contribution in [0.15, 0.2) is 18.2 Å². The van der Waals surface area contributed by atoms with Crippen LogP contribution in [0.1, 0.15) is 12.8 Å². The highest BCUT2D eigenvalue weighted by Crippen LogP contribution is 2.27. The van der Waals surface area contributed by atoms with Crippen LogP contribution in [0.5, 0.6) is 5.75 Å². The van der Waals surface area contributed by atoms with Crippen LogP contribution in [0.25, 0.3) is 0 Å². The van der Waals surface area contributed by atoms with Crippen LogP contribution in [0, 0.1) is 0 Å². The zero-order valence-corrected chi connectivity index (χ0v) is 11.2. The van der Waals surface area contributed by atoms with E-state index in [4.69, 9.17) is 16.3 Å². The van der Waals surface area contributed by atoms with Crippen molar-refractivity contribution in [1.29, 1.82) is 0 Å². The van der Waals surface area contributed by atoms with Gasteiger partial charge in [0.1, 0.15) is 5.75 Å². The lowest BCUT2D eigenvalue weighted by molar-refractivity contribution is -0.128. The average Bonchev–Trinajstić information content (AvgIpc) is 2.91. The highest BCUT2D eigenvalue weighted by molar-refractivity contribution is 6.32. The van der Waals surface area contributed by atoms with Gasteiger partial charge >= 0.3 is 0 Å². The Bertz CT molecular complexity index is 431. The molecule has 98 valence electrons. The Morgan fingerprint density at radius 2 is 2.17 bits per heavy atom. The van der Waals surface area contributed by atoms with E-state index >= 15 is 0 Å². The molecule has 0 aromatic heterocycles. The summed E-state index contributed by atoms with van der Waals surface area (Å²) in [6.45, 7) is 2.07. The molecule has 1 aromatic rings. The van der Waals surface area contributed by atoms with Crippen LogP contribution in [-0.4, -0.2) is 37.6 Å². The SMILES string of the molecule is COc1cc(NCC(=O)N2CCCC2)ccc1Cl. The Morgan fingerprint density at radius 1 is 1.44 bits per heavy atom. The molecule has 1 saturated heterocycles. The standard InChI is InChI=1S/C13H17ClN2O2/c1-18-12-8-10(4-5-11(12)14)15-9-13(17)16-6-2-3-7-16/h4-5,8,15H,2-3,6-7,9H2,1H3. The number of ether oxygens (including phenoxy) is 1. The van der Waals surface area contributed by atoms with Crippen molar-refractivity contribution in [2.24, 2.45) is 0 Å². The first-order valence-electron chi connectivity index (χ1n) is 6.06. The van der Waals surface area contributed by atoms with Gasteiger partial charge in [-0.05, 0) is 25.0 Å². The molecule has 1 aromatic carbocycles. The van der Waals surface area contributed by atoms with Crippen molar-refractivity contribution >= 4 is 23.2 Å². The van der Waals surface area contributed by atoms with E-state index in [-0.39, 0.29) is 5.91 Å². The van der Waals surface area contributed by atoms with Gasteiger partial charge in [-0.2, -0.15) is 0 Å². The van der Waals surface area contributed by atoms with Gasteiger partial charge in [-0.3, -0.25) is 4.79 Å². The summed E-state index contributed by atoms with van der Waals surface area (Å²) in [5.74, 6) is 0.747. The van der Waals surface area contributed by atoms with E-state index < -0.39 is 0 Å². The number of hydrogen-bond donors (Lipinski definition) is 1. The number of carbonyl (C=O) groups is 1. The molecule has 1 fully saturated rings. The minimum absolute atomic E-state index is 0.140.